The number of benzene rings is 2. The van der Waals surface area contributed by atoms with Gasteiger partial charge >= 0.3 is 0 Å². The van der Waals surface area contributed by atoms with Crippen LogP contribution in [0.1, 0.15) is 12.5 Å². The molecule has 2 aromatic carbocycles. The molecule has 1 aliphatic heterocycles. The highest BCUT2D eigenvalue weighted by Gasteiger charge is 2.28. The maximum absolute atomic E-state index is 12.8. The van der Waals surface area contributed by atoms with Crippen molar-refractivity contribution in [2.75, 3.05) is 18.7 Å². The van der Waals surface area contributed by atoms with Crippen LogP contribution < -0.4 is 14.5 Å². The molecule has 6 heteroatoms. The number of hydrogen-bond donors (Lipinski definition) is 0. The lowest BCUT2D eigenvalue weighted by molar-refractivity contribution is -0.114. The molecule has 0 aromatic heterocycles. The molecule has 0 unspecified atom stereocenters. The van der Waals surface area contributed by atoms with Crippen molar-refractivity contribution in [3.05, 3.63) is 58.1 Å². The first-order valence-corrected chi connectivity index (χ1v) is 8.95. The summed E-state index contributed by atoms with van der Waals surface area (Å²) in [6.07, 6.45) is 7.03. The van der Waals surface area contributed by atoms with Crippen molar-refractivity contribution in [1.29, 1.82) is 0 Å². The topological polar surface area (TPSA) is 51.1 Å². The van der Waals surface area contributed by atoms with Crippen LogP contribution in [0.3, 0.4) is 0 Å². The largest absolute Gasteiger partial charge is 0.493 e. The number of carbonyl (C=O) groups is 1. The van der Waals surface area contributed by atoms with Crippen molar-refractivity contribution in [1.82, 2.24) is 0 Å². The van der Waals surface area contributed by atoms with Crippen LogP contribution in [0.2, 0.25) is 0 Å². The van der Waals surface area contributed by atoms with Crippen molar-refractivity contribution in [2.45, 2.75) is 6.92 Å². The number of halogens is 1. The summed E-state index contributed by atoms with van der Waals surface area (Å²) < 4.78 is 11.6. The Bertz CT molecular complexity index is 975. The SMILES string of the molecule is C#CCOc1c(Br)cc(/C=C2\C(=O)N(c3ccccc3)N=C2C)cc1OC. The summed E-state index contributed by atoms with van der Waals surface area (Å²) in [6.45, 7) is 1.94. The average Bonchev–Trinajstić information content (AvgIpc) is 2.95. The Morgan fingerprint density at radius 2 is 2.04 bits per heavy atom. The van der Waals surface area contributed by atoms with E-state index in [2.05, 4.69) is 27.0 Å². The molecular formula is C21H17BrN2O3. The number of hydrazone groups is 1. The molecule has 0 N–H and O–H groups in total. The van der Waals surface area contributed by atoms with E-state index in [1.165, 1.54) is 5.01 Å². The second-order valence-electron chi connectivity index (χ2n) is 5.72. The van der Waals surface area contributed by atoms with Crippen LogP contribution >= 0.6 is 15.9 Å². The van der Waals surface area contributed by atoms with Crippen LogP contribution in [0.25, 0.3) is 6.08 Å². The lowest BCUT2D eigenvalue weighted by Crippen LogP contribution is -2.21. The molecule has 0 atom stereocenters. The van der Waals surface area contributed by atoms with E-state index in [0.717, 1.165) is 11.3 Å². The third kappa shape index (κ3) is 3.88. The fourth-order valence-electron chi connectivity index (χ4n) is 2.67. The van der Waals surface area contributed by atoms with Crippen molar-refractivity contribution >= 4 is 39.3 Å². The molecule has 0 bridgehead atoms. The van der Waals surface area contributed by atoms with Gasteiger partial charge in [0.25, 0.3) is 5.91 Å². The molecule has 2 aromatic rings. The first kappa shape index (κ1) is 18.7. The van der Waals surface area contributed by atoms with E-state index in [1.54, 1.807) is 19.3 Å². The van der Waals surface area contributed by atoms with Crippen LogP contribution in [0.4, 0.5) is 5.69 Å². The Morgan fingerprint density at radius 1 is 1.30 bits per heavy atom. The van der Waals surface area contributed by atoms with Gasteiger partial charge in [0.2, 0.25) is 0 Å². The smallest absolute Gasteiger partial charge is 0.280 e. The van der Waals surface area contributed by atoms with Gasteiger partial charge in [-0.05, 0) is 58.8 Å². The summed E-state index contributed by atoms with van der Waals surface area (Å²) in [5.41, 5.74) is 2.67. The maximum Gasteiger partial charge on any atom is 0.280 e. The minimum Gasteiger partial charge on any atom is -0.493 e. The van der Waals surface area contributed by atoms with E-state index in [0.29, 0.717) is 27.3 Å². The van der Waals surface area contributed by atoms with Crippen molar-refractivity contribution in [3.8, 4) is 23.8 Å². The number of rotatable bonds is 5. The monoisotopic (exact) mass is 424 g/mol. The van der Waals surface area contributed by atoms with Crippen molar-refractivity contribution < 1.29 is 14.3 Å². The molecule has 0 saturated heterocycles. The van der Waals surface area contributed by atoms with E-state index >= 15 is 0 Å². The van der Waals surface area contributed by atoms with Gasteiger partial charge < -0.3 is 9.47 Å². The number of amides is 1. The summed E-state index contributed by atoms with van der Waals surface area (Å²) >= 11 is 3.47. The molecule has 1 amide bonds. The fraction of sp³-hybridized carbons (Fsp3) is 0.143. The number of nitrogens with zero attached hydrogens (tertiary/aromatic N) is 2. The van der Waals surface area contributed by atoms with E-state index in [9.17, 15) is 4.79 Å². The van der Waals surface area contributed by atoms with Gasteiger partial charge in [0.05, 0.1) is 28.6 Å². The predicted octanol–water partition coefficient (Wildman–Crippen LogP) is 4.28. The molecule has 5 nitrogen and oxygen atoms in total. The van der Waals surface area contributed by atoms with Crippen molar-refractivity contribution in [3.63, 3.8) is 0 Å². The highest BCUT2D eigenvalue weighted by molar-refractivity contribution is 9.10. The second-order valence-corrected chi connectivity index (χ2v) is 6.58. The van der Waals surface area contributed by atoms with Gasteiger partial charge in [-0.15, -0.1) is 6.42 Å². The number of terminal acetylenes is 1. The summed E-state index contributed by atoms with van der Waals surface area (Å²) in [5, 5.41) is 5.78. The molecular weight excluding hydrogens is 408 g/mol. The lowest BCUT2D eigenvalue weighted by atomic mass is 10.1. The van der Waals surface area contributed by atoms with Crippen LogP contribution in [0.5, 0.6) is 11.5 Å². The van der Waals surface area contributed by atoms with Crippen LogP contribution in [0, 0.1) is 12.3 Å². The molecule has 27 heavy (non-hydrogen) atoms. The van der Waals surface area contributed by atoms with E-state index in [1.807, 2.05) is 43.3 Å². The standard InChI is InChI=1S/C21H17BrN2O3/c1-4-10-27-20-18(22)12-15(13-19(20)26-3)11-17-14(2)23-24(21(17)25)16-8-6-5-7-9-16/h1,5-9,11-13H,10H2,2-3H3/b17-11-. The molecule has 136 valence electrons. The predicted molar refractivity (Wildman–Crippen MR) is 110 cm³/mol. The lowest BCUT2D eigenvalue weighted by Gasteiger charge is -2.13. The molecule has 1 aliphatic rings. The third-order valence-corrected chi connectivity index (χ3v) is 4.51. The average molecular weight is 425 g/mol. The Morgan fingerprint density at radius 3 is 2.70 bits per heavy atom. The zero-order valence-electron chi connectivity index (χ0n) is 14.9. The van der Waals surface area contributed by atoms with E-state index in [-0.39, 0.29) is 12.5 Å². The first-order chi connectivity index (χ1) is 13.0. The number of hydrogen-bond acceptors (Lipinski definition) is 4. The number of para-hydroxylation sites is 1. The fourth-order valence-corrected chi connectivity index (χ4v) is 3.25. The zero-order valence-corrected chi connectivity index (χ0v) is 16.5. The Labute approximate surface area is 166 Å². The van der Waals surface area contributed by atoms with Crippen LogP contribution in [-0.4, -0.2) is 25.3 Å². The molecule has 0 spiro atoms. The summed E-state index contributed by atoms with van der Waals surface area (Å²) in [6, 6.07) is 12.9. The summed E-state index contributed by atoms with van der Waals surface area (Å²) in [5.74, 6) is 3.28. The van der Waals surface area contributed by atoms with Gasteiger partial charge in [0.1, 0.15) is 6.61 Å². The minimum absolute atomic E-state index is 0.131. The number of anilines is 1. The molecule has 0 radical (unpaired) electrons. The zero-order chi connectivity index (χ0) is 19.4. The van der Waals surface area contributed by atoms with Gasteiger partial charge in [-0.3, -0.25) is 4.79 Å². The van der Waals surface area contributed by atoms with Crippen molar-refractivity contribution in [2.24, 2.45) is 5.10 Å². The van der Waals surface area contributed by atoms with Gasteiger partial charge in [-0.2, -0.15) is 10.1 Å². The normalized spacial score (nSPS) is 14.9. The number of ether oxygens (including phenoxy) is 2. The minimum atomic E-state index is -0.179. The number of carbonyl (C=O) groups excluding carboxylic acids is 1. The molecule has 0 aliphatic carbocycles. The highest BCUT2D eigenvalue weighted by atomic mass is 79.9. The third-order valence-electron chi connectivity index (χ3n) is 3.93. The van der Waals surface area contributed by atoms with Crippen LogP contribution in [-0.2, 0) is 4.79 Å². The Hall–Kier alpha value is -3.04. The Kier molecular flexibility index (Phi) is 5.63. The summed E-state index contributed by atoms with van der Waals surface area (Å²) in [4.78, 5) is 12.8. The quantitative estimate of drug-likeness (QED) is 0.531. The van der Waals surface area contributed by atoms with Gasteiger partial charge in [0, 0.05) is 0 Å². The molecule has 1 heterocycles. The molecule has 0 saturated carbocycles. The van der Waals surface area contributed by atoms with Gasteiger partial charge in [-0.25, -0.2) is 0 Å². The van der Waals surface area contributed by atoms with E-state index in [4.69, 9.17) is 15.9 Å². The second kappa shape index (κ2) is 8.11. The Balaban J connectivity index is 1.95. The molecule has 0 fully saturated rings. The molecule has 3 rings (SSSR count). The first-order valence-electron chi connectivity index (χ1n) is 8.15. The van der Waals surface area contributed by atoms with E-state index < -0.39 is 0 Å². The summed E-state index contributed by atoms with van der Waals surface area (Å²) in [7, 11) is 1.55. The number of methoxy groups -OCH3 is 1. The van der Waals surface area contributed by atoms with Gasteiger partial charge in [0.15, 0.2) is 11.5 Å². The van der Waals surface area contributed by atoms with Crippen LogP contribution in [0.15, 0.2) is 57.6 Å². The maximum atomic E-state index is 12.8. The highest BCUT2D eigenvalue weighted by Crippen LogP contribution is 2.37. The van der Waals surface area contributed by atoms with Gasteiger partial charge in [-0.1, -0.05) is 24.1 Å².